The predicted molar refractivity (Wildman–Crippen MR) is 108 cm³/mol. The van der Waals surface area contributed by atoms with Crippen LogP contribution in [0.4, 0.5) is 9.59 Å². The van der Waals surface area contributed by atoms with Gasteiger partial charge in [0.2, 0.25) is 5.91 Å². The quantitative estimate of drug-likeness (QED) is 0.729. The zero-order chi connectivity index (χ0) is 23.7. The molecule has 1 aromatic heterocycles. The van der Waals surface area contributed by atoms with Gasteiger partial charge in [-0.1, -0.05) is 0 Å². The number of fused-ring (bicyclic) bond motifs is 1. The van der Waals surface area contributed by atoms with E-state index in [0.29, 0.717) is 11.4 Å². The molecule has 1 aliphatic heterocycles. The van der Waals surface area contributed by atoms with Crippen LogP contribution in [0.5, 0.6) is 0 Å². The third kappa shape index (κ3) is 6.19. The maximum atomic E-state index is 12.9. The van der Waals surface area contributed by atoms with Crippen LogP contribution in [0.15, 0.2) is 6.33 Å². The number of amides is 2. The summed E-state index contributed by atoms with van der Waals surface area (Å²) in [6.07, 6.45) is -0.152. The van der Waals surface area contributed by atoms with E-state index in [-0.39, 0.29) is 13.0 Å². The van der Waals surface area contributed by atoms with Gasteiger partial charge >= 0.3 is 18.2 Å². The van der Waals surface area contributed by atoms with Gasteiger partial charge in [-0.2, -0.15) is 0 Å². The van der Waals surface area contributed by atoms with Crippen molar-refractivity contribution in [2.24, 2.45) is 0 Å². The molecule has 2 amide bonds. The molecule has 0 bridgehead atoms. The van der Waals surface area contributed by atoms with Crippen molar-refractivity contribution in [3.63, 3.8) is 0 Å². The number of hydrogen-bond donors (Lipinski definition) is 2. The molecule has 0 aliphatic carbocycles. The first-order valence-electron chi connectivity index (χ1n) is 9.90. The number of carboxylic acids is 1. The molecule has 0 saturated heterocycles. The number of carbonyl (C=O) groups is 4. The van der Waals surface area contributed by atoms with Gasteiger partial charge in [0.05, 0.1) is 17.9 Å². The summed E-state index contributed by atoms with van der Waals surface area (Å²) in [5.74, 6) is -1.86. The molecule has 0 unspecified atom stereocenters. The molecule has 11 heteroatoms. The Kier molecular flexibility index (Phi) is 6.67. The highest BCUT2D eigenvalue weighted by atomic mass is 16.6. The number of hydrogen-bond acceptors (Lipinski definition) is 7. The lowest BCUT2D eigenvalue weighted by atomic mass is 10.0. The summed E-state index contributed by atoms with van der Waals surface area (Å²) < 4.78 is 12.0. The fourth-order valence-corrected chi connectivity index (χ4v) is 2.90. The molecule has 0 radical (unpaired) electrons. The normalized spacial score (nSPS) is 17.4. The summed E-state index contributed by atoms with van der Waals surface area (Å²) >= 11 is 0. The second-order valence-electron chi connectivity index (χ2n) is 9.38. The molecule has 31 heavy (non-hydrogen) atoms. The topological polar surface area (TPSA) is 140 Å². The highest BCUT2D eigenvalue weighted by molar-refractivity contribution is 5.89. The van der Waals surface area contributed by atoms with Crippen LogP contribution in [0.3, 0.4) is 0 Å². The molecule has 172 valence electrons. The minimum absolute atomic E-state index is 0.0114. The van der Waals surface area contributed by atoms with E-state index in [1.54, 1.807) is 41.5 Å². The van der Waals surface area contributed by atoms with Crippen LogP contribution in [0.25, 0.3) is 0 Å². The van der Waals surface area contributed by atoms with Crippen LogP contribution >= 0.6 is 0 Å². The van der Waals surface area contributed by atoms with Crippen molar-refractivity contribution in [2.75, 3.05) is 0 Å². The van der Waals surface area contributed by atoms with Gasteiger partial charge < -0.3 is 19.9 Å². The molecule has 2 atom stereocenters. The second-order valence-corrected chi connectivity index (χ2v) is 9.38. The van der Waals surface area contributed by atoms with Gasteiger partial charge in [-0.3, -0.25) is 14.5 Å². The maximum Gasteiger partial charge on any atom is 0.420 e. The Hall–Kier alpha value is -3.11. The van der Waals surface area contributed by atoms with Crippen molar-refractivity contribution in [1.82, 2.24) is 19.8 Å². The average molecular weight is 438 g/mol. The fourth-order valence-electron chi connectivity index (χ4n) is 2.90. The van der Waals surface area contributed by atoms with Crippen molar-refractivity contribution in [2.45, 2.75) is 84.7 Å². The maximum absolute atomic E-state index is 12.9. The van der Waals surface area contributed by atoms with Crippen LogP contribution in [0.2, 0.25) is 0 Å². The molecule has 2 heterocycles. The lowest BCUT2D eigenvalue weighted by Gasteiger charge is -2.36. The summed E-state index contributed by atoms with van der Waals surface area (Å²) in [6, 6.07) is -2.19. The van der Waals surface area contributed by atoms with Gasteiger partial charge in [0.15, 0.2) is 0 Å². The number of rotatable bonds is 3. The Bertz CT molecular complexity index is 879. The third-order valence-corrected chi connectivity index (χ3v) is 4.29. The molecule has 0 spiro atoms. The fraction of sp³-hybridized carbons (Fsp3) is 0.650. The van der Waals surface area contributed by atoms with Gasteiger partial charge in [-0.15, -0.1) is 0 Å². The van der Waals surface area contributed by atoms with Crippen LogP contribution in [0, 0.1) is 0 Å². The predicted octanol–water partition coefficient (Wildman–Crippen LogP) is 1.92. The Morgan fingerprint density at radius 1 is 1.10 bits per heavy atom. The Morgan fingerprint density at radius 2 is 1.65 bits per heavy atom. The highest BCUT2D eigenvalue weighted by Gasteiger charge is 2.40. The van der Waals surface area contributed by atoms with E-state index in [4.69, 9.17) is 14.6 Å². The van der Waals surface area contributed by atoms with E-state index in [2.05, 4.69) is 10.3 Å². The Morgan fingerprint density at radius 3 is 2.16 bits per heavy atom. The number of carbonyl (C=O) groups excluding carboxylic acids is 3. The number of nitrogens with one attached hydrogen (secondary N) is 1. The minimum Gasteiger partial charge on any atom is -0.480 e. The number of nitrogens with zero attached hydrogens (tertiary/aromatic N) is 3. The van der Waals surface area contributed by atoms with Crippen molar-refractivity contribution >= 4 is 24.1 Å². The molecular weight excluding hydrogens is 408 g/mol. The van der Waals surface area contributed by atoms with Gasteiger partial charge in [-0.05, 0) is 48.5 Å². The lowest BCUT2D eigenvalue weighted by molar-refractivity contribution is -0.142. The number of aliphatic carboxylic acids is 1. The van der Waals surface area contributed by atoms with E-state index >= 15 is 0 Å². The van der Waals surface area contributed by atoms with E-state index in [9.17, 15) is 19.2 Å². The number of imidazole rings is 1. The molecule has 1 aliphatic rings. The lowest BCUT2D eigenvalue weighted by Crippen LogP contribution is -2.56. The molecule has 0 aromatic carbocycles. The van der Waals surface area contributed by atoms with Gasteiger partial charge in [0.1, 0.15) is 29.6 Å². The second kappa shape index (κ2) is 8.56. The zero-order valence-corrected chi connectivity index (χ0v) is 18.9. The first-order chi connectivity index (χ1) is 14.1. The smallest absolute Gasteiger partial charge is 0.420 e. The van der Waals surface area contributed by atoms with Crippen LogP contribution in [0.1, 0.15) is 59.9 Å². The summed E-state index contributed by atoms with van der Waals surface area (Å²) in [4.78, 5) is 54.7. The first kappa shape index (κ1) is 24.2. The van der Waals surface area contributed by atoms with E-state index in [1.807, 2.05) is 0 Å². The van der Waals surface area contributed by atoms with Crippen molar-refractivity contribution < 1.29 is 33.8 Å². The molecular formula is C20H30N4O7. The molecule has 2 rings (SSSR count). The molecule has 11 nitrogen and oxygen atoms in total. The standard InChI is InChI=1S/C20H30N4O7/c1-11(16(26)27)22-15(25)13-8-12-14(9-23(13)17(28)30-19(2,3)4)24(10-21-12)18(29)31-20(5,6)7/h10-11,13H,8-9H2,1-7H3,(H,22,25)(H,26,27)/t11-,13-/m0/s1. The van der Waals surface area contributed by atoms with Crippen molar-refractivity contribution in [3.8, 4) is 0 Å². The van der Waals surface area contributed by atoms with Crippen LogP contribution in [-0.4, -0.2) is 66.9 Å². The molecule has 0 fully saturated rings. The SMILES string of the molecule is C[C@H](NC(=O)[C@@H]1Cc2ncn(C(=O)OC(C)(C)C)c2CN1C(=O)OC(C)(C)C)C(=O)O. The largest absolute Gasteiger partial charge is 0.480 e. The van der Waals surface area contributed by atoms with E-state index < -0.39 is 47.3 Å². The Labute approximate surface area is 180 Å². The monoisotopic (exact) mass is 438 g/mol. The average Bonchev–Trinajstić information content (AvgIpc) is 3.00. The van der Waals surface area contributed by atoms with Gasteiger partial charge in [-0.25, -0.2) is 19.1 Å². The molecule has 1 aromatic rings. The third-order valence-electron chi connectivity index (χ3n) is 4.29. The molecule has 2 N–H and O–H groups in total. The van der Waals surface area contributed by atoms with Crippen LogP contribution < -0.4 is 5.32 Å². The summed E-state index contributed by atoms with van der Waals surface area (Å²) in [5, 5.41) is 11.5. The summed E-state index contributed by atoms with van der Waals surface area (Å²) in [7, 11) is 0. The minimum atomic E-state index is -1.21. The first-order valence-corrected chi connectivity index (χ1v) is 9.90. The van der Waals surface area contributed by atoms with E-state index in [1.165, 1.54) is 22.7 Å². The van der Waals surface area contributed by atoms with E-state index in [0.717, 1.165) is 0 Å². The number of aromatic nitrogens is 2. The number of ether oxygens (including phenoxy) is 2. The highest BCUT2D eigenvalue weighted by Crippen LogP contribution is 2.26. The van der Waals surface area contributed by atoms with Gasteiger partial charge in [0.25, 0.3) is 0 Å². The zero-order valence-electron chi connectivity index (χ0n) is 18.9. The Balaban J connectivity index is 2.38. The number of carboxylic acid groups (broad SMARTS) is 1. The van der Waals surface area contributed by atoms with Crippen molar-refractivity contribution in [3.05, 3.63) is 17.7 Å². The molecule has 0 saturated carbocycles. The van der Waals surface area contributed by atoms with Crippen LogP contribution in [-0.2, 0) is 32.0 Å². The van der Waals surface area contributed by atoms with Gasteiger partial charge in [0, 0.05) is 6.42 Å². The summed E-state index contributed by atoms with van der Waals surface area (Å²) in [6.45, 7) is 11.4. The summed E-state index contributed by atoms with van der Waals surface area (Å²) in [5.41, 5.74) is -0.717. The van der Waals surface area contributed by atoms with Crippen molar-refractivity contribution in [1.29, 1.82) is 0 Å².